The first-order valence-corrected chi connectivity index (χ1v) is 7.21. The number of oxazole rings is 1. The van der Waals surface area contributed by atoms with Gasteiger partial charge >= 0.3 is 0 Å². The Kier molecular flexibility index (Phi) is 4.11. The predicted molar refractivity (Wildman–Crippen MR) is 85.4 cm³/mol. The van der Waals surface area contributed by atoms with Gasteiger partial charge in [-0.3, -0.25) is 0 Å². The highest BCUT2D eigenvalue weighted by Gasteiger charge is 2.11. The third-order valence-corrected chi connectivity index (χ3v) is 3.72. The van der Waals surface area contributed by atoms with Crippen LogP contribution >= 0.6 is 11.6 Å². The van der Waals surface area contributed by atoms with Crippen molar-refractivity contribution in [2.75, 3.05) is 5.32 Å². The van der Waals surface area contributed by atoms with Crippen LogP contribution in [0.4, 0.5) is 10.1 Å². The van der Waals surface area contributed by atoms with E-state index in [-0.39, 0.29) is 11.9 Å². The standard InChI is InChI=1S/C17H14ClFN2O/c1-11(15-6-5-13(19)8-16(15)18)21-14-4-2-3-12(7-14)17-9-20-10-22-17/h2-11,21H,1H3. The van der Waals surface area contributed by atoms with Gasteiger partial charge in [0.15, 0.2) is 12.2 Å². The van der Waals surface area contributed by atoms with Gasteiger partial charge in [-0.2, -0.15) is 0 Å². The molecule has 0 fully saturated rings. The number of hydrogen-bond donors (Lipinski definition) is 1. The van der Waals surface area contributed by atoms with Crippen molar-refractivity contribution in [3.8, 4) is 11.3 Å². The fraction of sp³-hybridized carbons (Fsp3) is 0.118. The van der Waals surface area contributed by atoms with Gasteiger partial charge in [0.05, 0.1) is 6.20 Å². The monoisotopic (exact) mass is 316 g/mol. The van der Waals surface area contributed by atoms with Crippen LogP contribution in [0.15, 0.2) is 59.5 Å². The van der Waals surface area contributed by atoms with Gasteiger partial charge in [-0.25, -0.2) is 9.37 Å². The van der Waals surface area contributed by atoms with E-state index in [0.717, 1.165) is 16.8 Å². The summed E-state index contributed by atoms with van der Waals surface area (Å²) in [7, 11) is 0. The molecule has 0 saturated carbocycles. The molecule has 0 spiro atoms. The van der Waals surface area contributed by atoms with Crippen molar-refractivity contribution in [1.82, 2.24) is 4.98 Å². The van der Waals surface area contributed by atoms with E-state index < -0.39 is 0 Å². The van der Waals surface area contributed by atoms with Gasteiger partial charge in [0.1, 0.15) is 5.82 Å². The molecule has 0 amide bonds. The maximum absolute atomic E-state index is 13.1. The summed E-state index contributed by atoms with van der Waals surface area (Å²) in [5.41, 5.74) is 2.69. The molecular weight excluding hydrogens is 303 g/mol. The van der Waals surface area contributed by atoms with Crippen molar-refractivity contribution in [2.45, 2.75) is 13.0 Å². The van der Waals surface area contributed by atoms with E-state index in [1.165, 1.54) is 18.5 Å². The molecule has 0 aliphatic heterocycles. The molecule has 3 aromatic rings. The molecule has 0 saturated heterocycles. The molecule has 1 heterocycles. The van der Waals surface area contributed by atoms with Crippen LogP contribution in [-0.2, 0) is 0 Å². The fourth-order valence-corrected chi connectivity index (χ4v) is 2.63. The third-order valence-electron chi connectivity index (χ3n) is 3.39. The fourth-order valence-electron chi connectivity index (χ4n) is 2.30. The summed E-state index contributed by atoms with van der Waals surface area (Å²) >= 11 is 6.10. The molecule has 3 rings (SSSR count). The Morgan fingerprint density at radius 1 is 1.23 bits per heavy atom. The number of halogens is 2. The summed E-state index contributed by atoms with van der Waals surface area (Å²) in [4.78, 5) is 3.92. The highest BCUT2D eigenvalue weighted by Crippen LogP contribution is 2.28. The minimum absolute atomic E-state index is 0.0573. The highest BCUT2D eigenvalue weighted by atomic mass is 35.5. The molecule has 22 heavy (non-hydrogen) atoms. The first-order valence-electron chi connectivity index (χ1n) is 6.84. The lowest BCUT2D eigenvalue weighted by Gasteiger charge is -2.17. The minimum Gasteiger partial charge on any atom is -0.444 e. The van der Waals surface area contributed by atoms with E-state index in [1.807, 2.05) is 31.2 Å². The molecule has 112 valence electrons. The lowest BCUT2D eigenvalue weighted by Crippen LogP contribution is -2.07. The normalized spacial score (nSPS) is 12.1. The van der Waals surface area contributed by atoms with Gasteiger partial charge in [0, 0.05) is 22.3 Å². The molecule has 1 aromatic heterocycles. The molecular formula is C17H14ClFN2O. The van der Waals surface area contributed by atoms with Crippen molar-refractivity contribution < 1.29 is 8.81 Å². The number of hydrogen-bond acceptors (Lipinski definition) is 3. The van der Waals surface area contributed by atoms with Gasteiger partial charge in [0.25, 0.3) is 0 Å². The van der Waals surface area contributed by atoms with Crippen LogP contribution in [0.2, 0.25) is 5.02 Å². The van der Waals surface area contributed by atoms with E-state index in [0.29, 0.717) is 10.8 Å². The zero-order valence-corrected chi connectivity index (χ0v) is 12.6. The van der Waals surface area contributed by atoms with Crippen LogP contribution in [0, 0.1) is 5.82 Å². The lowest BCUT2D eigenvalue weighted by molar-refractivity contribution is 0.572. The SMILES string of the molecule is CC(Nc1cccc(-c2cnco2)c1)c1ccc(F)cc1Cl. The molecule has 0 aliphatic rings. The number of nitrogens with zero attached hydrogens (tertiary/aromatic N) is 1. The van der Waals surface area contributed by atoms with Crippen molar-refractivity contribution in [2.24, 2.45) is 0 Å². The highest BCUT2D eigenvalue weighted by molar-refractivity contribution is 6.31. The lowest BCUT2D eigenvalue weighted by atomic mass is 10.1. The summed E-state index contributed by atoms with van der Waals surface area (Å²) in [6.45, 7) is 1.97. The number of benzene rings is 2. The molecule has 5 heteroatoms. The van der Waals surface area contributed by atoms with Gasteiger partial charge in [-0.1, -0.05) is 29.8 Å². The first-order chi connectivity index (χ1) is 10.6. The molecule has 0 bridgehead atoms. The van der Waals surface area contributed by atoms with Gasteiger partial charge in [-0.15, -0.1) is 0 Å². The summed E-state index contributed by atoms with van der Waals surface area (Å²) in [5, 5.41) is 3.76. The van der Waals surface area contributed by atoms with Gasteiger partial charge < -0.3 is 9.73 Å². The Labute approximate surface area is 132 Å². The number of anilines is 1. The second-order valence-corrected chi connectivity index (χ2v) is 5.39. The average molecular weight is 317 g/mol. The smallest absolute Gasteiger partial charge is 0.181 e. The van der Waals surface area contributed by atoms with E-state index in [2.05, 4.69) is 10.3 Å². The Balaban J connectivity index is 1.82. The zero-order chi connectivity index (χ0) is 15.5. The van der Waals surface area contributed by atoms with Crippen molar-refractivity contribution in [3.63, 3.8) is 0 Å². The summed E-state index contributed by atoms with van der Waals surface area (Å²) in [6, 6.07) is 12.2. The Morgan fingerprint density at radius 3 is 2.82 bits per heavy atom. The maximum atomic E-state index is 13.1. The minimum atomic E-state index is -0.340. The first kappa shape index (κ1) is 14.6. The largest absolute Gasteiger partial charge is 0.444 e. The van der Waals surface area contributed by atoms with E-state index in [9.17, 15) is 4.39 Å². The van der Waals surface area contributed by atoms with Crippen LogP contribution in [0.3, 0.4) is 0 Å². The number of nitrogens with one attached hydrogen (secondary N) is 1. The Hall–Kier alpha value is -2.33. The van der Waals surface area contributed by atoms with Crippen molar-refractivity contribution >= 4 is 17.3 Å². The predicted octanol–water partition coefficient (Wildman–Crippen LogP) is 5.31. The van der Waals surface area contributed by atoms with Crippen molar-refractivity contribution in [1.29, 1.82) is 0 Å². The van der Waals surface area contributed by atoms with Crippen LogP contribution < -0.4 is 5.32 Å². The Morgan fingerprint density at radius 2 is 2.09 bits per heavy atom. The topological polar surface area (TPSA) is 38.1 Å². The maximum Gasteiger partial charge on any atom is 0.181 e. The number of rotatable bonds is 4. The van der Waals surface area contributed by atoms with Gasteiger partial charge in [0.2, 0.25) is 0 Å². The summed E-state index contributed by atoms with van der Waals surface area (Å²) < 4.78 is 18.4. The van der Waals surface area contributed by atoms with Crippen LogP contribution in [0.5, 0.6) is 0 Å². The third kappa shape index (κ3) is 3.12. The van der Waals surface area contributed by atoms with E-state index in [4.69, 9.17) is 16.0 Å². The molecule has 3 nitrogen and oxygen atoms in total. The van der Waals surface area contributed by atoms with E-state index in [1.54, 1.807) is 12.3 Å². The number of aromatic nitrogens is 1. The van der Waals surface area contributed by atoms with Gasteiger partial charge in [-0.05, 0) is 36.8 Å². The average Bonchev–Trinajstić information content (AvgIpc) is 3.01. The van der Waals surface area contributed by atoms with Crippen molar-refractivity contribution in [3.05, 3.63) is 71.5 Å². The summed E-state index contributed by atoms with van der Waals surface area (Å²) in [5.74, 6) is 0.365. The molecule has 0 radical (unpaired) electrons. The quantitative estimate of drug-likeness (QED) is 0.709. The molecule has 1 unspecified atom stereocenters. The van der Waals surface area contributed by atoms with Crippen LogP contribution in [-0.4, -0.2) is 4.98 Å². The summed E-state index contributed by atoms with van der Waals surface area (Å²) in [6.07, 6.45) is 3.07. The van der Waals surface area contributed by atoms with Crippen LogP contribution in [0.1, 0.15) is 18.5 Å². The molecule has 0 aliphatic carbocycles. The molecule has 2 aromatic carbocycles. The van der Waals surface area contributed by atoms with E-state index >= 15 is 0 Å². The second kappa shape index (κ2) is 6.20. The molecule has 1 N–H and O–H groups in total. The Bertz CT molecular complexity index is 774. The second-order valence-electron chi connectivity index (χ2n) is 4.98. The van der Waals surface area contributed by atoms with Crippen LogP contribution in [0.25, 0.3) is 11.3 Å². The molecule has 1 atom stereocenters. The zero-order valence-electron chi connectivity index (χ0n) is 11.9.